The quantitative estimate of drug-likeness (QED) is 0.794. The molecule has 1 aromatic rings. The van der Waals surface area contributed by atoms with Crippen LogP contribution in [0.15, 0.2) is 16.7 Å². The molecule has 0 unspecified atom stereocenters. The Morgan fingerprint density at radius 1 is 1.57 bits per heavy atom. The van der Waals surface area contributed by atoms with Crippen LogP contribution in [0.25, 0.3) is 0 Å². The molecule has 1 amide bonds. The zero-order chi connectivity index (χ0) is 10.7. The lowest BCUT2D eigenvalue weighted by Gasteiger charge is -2.08. The van der Waals surface area contributed by atoms with E-state index in [0.29, 0.717) is 5.69 Å². The molecule has 1 rings (SSSR count). The minimum absolute atomic E-state index is 0.0905. The zero-order valence-electron chi connectivity index (χ0n) is 7.22. The number of pyridine rings is 1. The summed E-state index contributed by atoms with van der Waals surface area (Å²) in [7, 11) is 1.58. The highest BCUT2D eigenvalue weighted by Crippen LogP contribution is 2.32. The molecule has 1 aromatic heterocycles. The first-order chi connectivity index (χ1) is 6.56. The Balaban J connectivity index is 3.21. The summed E-state index contributed by atoms with van der Waals surface area (Å²) < 4.78 is 0.747. The topological polar surface area (TPSA) is 42.0 Å². The molecule has 0 aromatic carbocycles. The molecule has 14 heavy (non-hydrogen) atoms. The third kappa shape index (κ3) is 2.77. The van der Waals surface area contributed by atoms with Crippen molar-refractivity contribution in [3.05, 3.63) is 28.0 Å². The molecule has 0 saturated heterocycles. The van der Waals surface area contributed by atoms with Crippen LogP contribution in [0, 0.1) is 0 Å². The van der Waals surface area contributed by atoms with Gasteiger partial charge in [0.05, 0.1) is 3.74 Å². The van der Waals surface area contributed by atoms with Gasteiger partial charge < -0.3 is 5.32 Å². The number of hydrogen-bond acceptors (Lipinski definition) is 2. The van der Waals surface area contributed by atoms with E-state index in [1.54, 1.807) is 13.2 Å². The van der Waals surface area contributed by atoms with Crippen LogP contribution in [0.1, 0.15) is 19.8 Å². The molecule has 0 radical (unpaired) electrons. The highest BCUT2D eigenvalue weighted by Gasteiger charge is 2.16. The lowest BCUT2D eigenvalue weighted by molar-refractivity contribution is 0.0957. The molecule has 76 valence electrons. The fourth-order valence-corrected chi connectivity index (χ4v) is 1.98. The number of alkyl halides is 2. The first kappa shape index (κ1) is 12.1. The number of amides is 1. The van der Waals surface area contributed by atoms with Gasteiger partial charge in [-0.15, -0.1) is 0 Å². The molecule has 0 spiro atoms. The predicted molar refractivity (Wildman–Crippen MR) is 65.9 cm³/mol. The van der Waals surface area contributed by atoms with Gasteiger partial charge in [-0.1, -0.05) is 31.9 Å². The number of hydrogen-bond donors (Lipinski definition) is 1. The number of carbonyl (C=O) groups excluding carboxylic acids is 1. The van der Waals surface area contributed by atoms with E-state index in [0.717, 1.165) is 10.0 Å². The van der Waals surface area contributed by atoms with Gasteiger partial charge in [0.25, 0.3) is 5.91 Å². The van der Waals surface area contributed by atoms with E-state index in [4.69, 9.17) is 0 Å². The average molecular weight is 387 g/mol. The van der Waals surface area contributed by atoms with Gasteiger partial charge in [-0.2, -0.15) is 0 Å². The van der Waals surface area contributed by atoms with Gasteiger partial charge >= 0.3 is 0 Å². The third-order valence-electron chi connectivity index (χ3n) is 1.56. The highest BCUT2D eigenvalue weighted by atomic mass is 79.9. The Morgan fingerprint density at radius 2 is 2.21 bits per heavy atom. The summed E-state index contributed by atoms with van der Waals surface area (Å²) in [6, 6.07) is 1.84. The summed E-state index contributed by atoms with van der Waals surface area (Å²) in [4.78, 5) is 15.5. The molecule has 1 heterocycles. The smallest absolute Gasteiger partial charge is 0.269 e. The Labute approximate surface area is 107 Å². The SMILES string of the molecule is CNC(=O)c1ncc(Br)cc1C(Br)Br. The summed E-state index contributed by atoms with van der Waals surface area (Å²) in [6.07, 6.45) is 1.59. The van der Waals surface area contributed by atoms with E-state index in [1.165, 1.54) is 0 Å². The van der Waals surface area contributed by atoms with Crippen molar-refractivity contribution in [2.45, 2.75) is 3.74 Å². The second kappa shape index (κ2) is 5.23. The molecule has 1 N–H and O–H groups in total. The van der Waals surface area contributed by atoms with Crippen LogP contribution in [-0.4, -0.2) is 17.9 Å². The molecule has 0 aliphatic rings. The second-order valence-electron chi connectivity index (χ2n) is 2.47. The van der Waals surface area contributed by atoms with Crippen LogP contribution < -0.4 is 5.32 Å². The maximum Gasteiger partial charge on any atom is 0.269 e. The van der Waals surface area contributed by atoms with Crippen LogP contribution >= 0.6 is 47.8 Å². The number of halogens is 3. The number of carbonyl (C=O) groups is 1. The van der Waals surface area contributed by atoms with E-state index in [2.05, 4.69) is 58.1 Å². The van der Waals surface area contributed by atoms with Gasteiger partial charge in [0.15, 0.2) is 0 Å². The van der Waals surface area contributed by atoms with E-state index >= 15 is 0 Å². The molecule has 3 nitrogen and oxygen atoms in total. The summed E-state index contributed by atoms with van der Waals surface area (Å²) in [5.41, 5.74) is 1.20. The van der Waals surface area contributed by atoms with Crippen molar-refractivity contribution in [1.82, 2.24) is 10.3 Å². The number of nitrogens with one attached hydrogen (secondary N) is 1. The molecule has 0 fully saturated rings. The first-order valence-corrected chi connectivity index (χ1v) is 6.34. The van der Waals surface area contributed by atoms with Gasteiger partial charge in [-0.25, -0.2) is 4.98 Å². The Kier molecular flexibility index (Phi) is 4.53. The molecule has 0 atom stereocenters. The van der Waals surface area contributed by atoms with Crippen LogP contribution in [0.4, 0.5) is 0 Å². The second-order valence-corrected chi connectivity index (χ2v) is 6.45. The van der Waals surface area contributed by atoms with Gasteiger partial charge in [-0.3, -0.25) is 4.79 Å². The van der Waals surface area contributed by atoms with Crippen LogP contribution in [0.3, 0.4) is 0 Å². The van der Waals surface area contributed by atoms with Crippen molar-refractivity contribution in [1.29, 1.82) is 0 Å². The maximum absolute atomic E-state index is 11.4. The summed E-state index contributed by atoms with van der Waals surface area (Å²) in [5.74, 6) is -0.198. The van der Waals surface area contributed by atoms with Gasteiger partial charge in [0.2, 0.25) is 0 Å². The summed E-state index contributed by atoms with van der Waals surface area (Å²) in [6.45, 7) is 0. The normalized spacial score (nSPS) is 10.4. The number of rotatable bonds is 2. The summed E-state index contributed by atoms with van der Waals surface area (Å²) in [5, 5.41) is 2.54. The predicted octanol–water partition coefficient (Wildman–Crippen LogP) is 2.99. The van der Waals surface area contributed by atoms with Crippen molar-refractivity contribution in [2.75, 3.05) is 7.05 Å². The fraction of sp³-hybridized carbons (Fsp3) is 0.250. The average Bonchev–Trinajstić information content (AvgIpc) is 2.16. The van der Waals surface area contributed by atoms with Crippen molar-refractivity contribution in [3.8, 4) is 0 Å². The minimum atomic E-state index is -0.198. The molecule has 0 aliphatic heterocycles. The standard InChI is InChI=1S/C8H7Br3N2O/c1-12-8(14)6-5(7(10)11)2-4(9)3-13-6/h2-3,7H,1H3,(H,12,14). The molecule has 6 heteroatoms. The number of aromatic nitrogens is 1. The molecular weight excluding hydrogens is 380 g/mol. The fourth-order valence-electron chi connectivity index (χ4n) is 0.929. The zero-order valence-corrected chi connectivity index (χ0v) is 12.0. The van der Waals surface area contributed by atoms with Crippen molar-refractivity contribution in [2.24, 2.45) is 0 Å². The third-order valence-corrected chi connectivity index (χ3v) is 2.98. The van der Waals surface area contributed by atoms with E-state index < -0.39 is 0 Å². The molecule has 0 bridgehead atoms. The van der Waals surface area contributed by atoms with Gasteiger partial charge in [0, 0.05) is 23.3 Å². The van der Waals surface area contributed by atoms with E-state index in [9.17, 15) is 4.79 Å². The van der Waals surface area contributed by atoms with E-state index in [-0.39, 0.29) is 9.64 Å². The highest BCUT2D eigenvalue weighted by molar-refractivity contribution is 9.24. The number of nitrogens with zero attached hydrogens (tertiary/aromatic N) is 1. The Morgan fingerprint density at radius 3 is 2.71 bits per heavy atom. The largest absolute Gasteiger partial charge is 0.354 e. The van der Waals surface area contributed by atoms with Crippen molar-refractivity contribution in [3.63, 3.8) is 0 Å². The molecular formula is C8H7Br3N2O. The summed E-state index contributed by atoms with van der Waals surface area (Å²) >= 11 is 9.98. The monoisotopic (exact) mass is 384 g/mol. The van der Waals surface area contributed by atoms with E-state index in [1.807, 2.05) is 6.07 Å². The first-order valence-electron chi connectivity index (χ1n) is 3.72. The van der Waals surface area contributed by atoms with Gasteiger partial charge in [0.1, 0.15) is 5.69 Å². The lowest BCUT2D eigenvalue weighted by Crippen LogP contribution is -2.21. The van der Waals surface area contributed by atoms with Crippen molar-refractivity contribution < 1.29 is 4.79 Å². The molecule has 0 saturated carbocycles. The van der Waals surface area contributed by atoms with Crippen LogP contribution in [0.5, 0.6) is 0 Å². The van der Waals surface area contributed by atoms with Crippen molar-refractivity contribution >= 4 is 53.7 Å². The maximum atomic E-state index is 11.4. The van der Waals surface area contributed by atoms with Gasteiger partial charge in [-0.05, 0) is 22.0 Å². The Bertz CT molecular complexity index is 354. The molecule has 0 aliphatic carbocycles. The minimum Gasteiger partial charge on any atom is -0.354 e. The lowest BCUT2D eigenvalue weighted by atomic mass is 10.2. The van der Waals surface area contributed by atoms with Crippen LogP contribution in [0.2, 0.25) is 0 Å². The Hall–Kier alpha value is 0.0600. The van der Waals surface area contributed by atoms with Crippen LogP contribution in [-0.2, 0) is 0 Å².